The van der Waals surface area contributed by atoms with Gasteiger partial charge in [-0.25, -0.2) is 4.98 Å². The van der Waals surface area contributed by atoms with Gasteiger partial charge in [0, 0.05) is 24.0 Å². The van der Waals surface area contributed by atoms with Crippen LogP contribution in [0.25, 0.3) is 11.3 Å². The van der Waals surface area contributed by atoms with Gasteiger partial charge in [0.15, 0.2) is 0 Å². The van der Waals surface area contributed by atoms with Crippen molar-refractivity contribution in [3.05, 3.63) is 104 Å². The van der Waals surface area contributed by atoms with Crippen LogP contribution in [0.4, 0.5) is 0 Å². The van der Waals surface area contributed by atoms with Crippen molar-refractivity contribution in [3.63, 3.8) is 0 Å². The molecular weight excluding hydrogens is 458 g/mol. The van der Waals surface area contributed by atoms with E-state index in [9.17, 15) is 10.1 Å². The van der Waals surface area contributed by atoms with E-state index in [2.05, 4.69) is 32.9 Å². The second-order valence-corrected chi connectivity index (χ2v) is 10.2. The number of nitrogens with zero attached hydrogens (tertiary/aromatic N) is 3. The van der Waals surface area contributed by atoms with Crippen molar-refractivity contribution in [2.45, 2.75) is 72.8 Å². The van der Waals surface area contributed by atoms with Gasteiger partial charge in [0.2, 0.25) is 0 Å². The van der Waals surface area contributed by atoms with Crippen molar-refractivity contribution in [1.82, 2.24) is 9.55 Å². The van der Waals surface area contributed by atoms with Gasteiger partial charge in [0.1, 0.15) is 17.2 Å². The van der Waals surface area contributed by atoms with Crippen LogP contribution in [-0.2, 0) is 19.3 Å². The Bertz CT molecular complexity index is 1480. The van der Waals surface area contributed by atoms with Crippen molar-refractivity contribution in [2.24, 2.45) is 0 Å². The Morgan fingerprint density at radius 1 is 1.16 bits per heavy atom. The van der Waals surface area contributed by atoms with E-state index >= 15 is 0 Å². The van der Waals surface area contributed by atoms with Crippen LogP contribution >= 0.6 is 0 Å². The van der Waals surface area contributed by atoms with Gasteiger partial charge in [-0.3, -0.25) is 9.36 Å². The highest BCUT2D eigenvalue weighted by atomic mass is 16.5. The average molecular weight is 494 g/mol. The van der Waals surface area contributed by atoms with Gasteiger partial charge in [-0.2, -0.15) is 5.26 Å². The summed E-state index contributed by atoms with van der Waals surface area (Å²) in [5, 5.41) is 9.46. The quantitative estimate of drug-likeness (QED) is 0.272. The summed E-state index contributed by atoms with van der Waals surface area (Å²) in [5.74, 6) is 1.58. The molecule has 190 valence electrons. The van der Waals surface area contributed by atoms with E-state index in [-0.39, 0.29) is 11.2 Å². The summed E-state index contributed by atoms with van der Waals surface area (Å²) < 4.78 is 7.77. The third-order valence-corrected chi connectivity index (χ3v) is 6.86. The molecule has 0 aliphatic carbocycles. The molecule has 0 spiro atoms. The number of aryl methyl sites for hydroxylation is 2. The van der Waals surface area contributed by atoms with Gasteiger partial charge >= 0.3 is 0 Å². The number of aromatic nitrogens is 2. The molecule has 0 unspecified atom stereocenters. The minimum Gasteiger partial charge on any atom is -0.487 e. The van der Waals surface area contributed by atoms with Gasteiger partial charge in [-0.1, -0.05) is 49.8 Å². The molecular formula is C32H35N3O2. The van der Waals surface area contributed by atoms with E-state index in [1.807, 2.05) is 69.3 Å². The molecule has 3 aromatic rings. The van der Waals surface area contributed by atoms with Gasteiger partial charge in [-0.15, -0.1) is 0 Å². The van der Waals surface area contributed by atoms with Crippen LogP contribution in [0.5, 0.6) is 5.75 Å². The fourth-order valence-corrected chi connectivity index (χ4v) is 5.14. The first kappa shape index (κ1) is 26.2. The maximum atomic E-state index is 13.9. The Kier molecular flexibility index (Phi) is 7.50. The van der Waals surface area contributed by atoms with Crippen LogP contribution in [0.2, 0.25) is 0 Å². The minimum atomic E-state index is -0.241. The first-order valence-electron chi connectivity index (χ1n) is 13.0. The maximum absolute atomic E-state index is 13.9. The highest BCUT2D eigenvalue weighted by Crippen LogP contribution is 2.36. The lowest BCUT2D eigenvalue weighted by atomic mass is 9.95. The van der Waals surface area contributed by atoms with Crippen molar-refractivity contribution in [3.8, 4) is 17.5 Å². The Labute approximate surface area is 219 Å². The van der Waals surface area contributed by atoms with E-state index in [1.165, 1.54) is 0 Å². The minimum absolute atomic E-state index is 0.0204. The molecule has 1 aliphatic heterocycles. The molecule has 0 amide bonds. The number of allylic oxidation sites excluding steroid dienone is 4. The summed E-state index contributed by atoms with van der Waals surface area (Å²) >= 11 is 0. The van der Waals surface area contributed by atoms with Crippen LogP contribution in [0.1, 0.15) is 74.8 Å². The Hall–Kier alpha value is -3.91. The van der Waals surface area contributed by atoms with Crippen LogP contribution in [0.3, 0.4) is 0 Å². The molecule has 0 radical (unpaired) electrons. The summed E-state index contributed by atoms with van der Waals surface area (Å²) in [4.78, 5) is 18.8. The maximum Gasteiger partial charge on any atom is 0.261 e. The number of nitriles is 1. The molecule has 0 N–H and O–H groups in total. The monoisotopic (exact) mass is 493 g/mol. The van der Waals surface area contributed by atoms with Crippen LogP contribution in [0.15, 0.2) is 65.0 Å². The fraction of sp³-hybridized carbons (Fsp3) is 0.344. The van der Waals surface area contributed by atoms with Gasteiger partial charge in [0.05, 0.1) is 23.0 Å². The van der Waals surface area contributed by atoms with E-state index in [0.29, 0.717) is 17.8 Å². The third-order valence-electron chi connectivity index (χ3n) is 6.86. The summed E-state index contributed by atoms with van der Waals surface area (Å²) in [7, 11) is 0. The first-order chi connectivity index (χ1) is 17.7. The number of hydrogen-bond donors (Lipinski definition) is 0. The molecule has 0 saturated carbocycles. The van der Waals surface area contributed by atoms with Gasteiger partial charge in [0.25, 0.3) is 5.56 Å². The molecule has 2 heterocycles. The van der Waals surface area contributed by atoms with Crippen molar-refractivity contribution in [2.75, 3.05) is 0 Å². The highest BCUT2D eigenvalue weighted by Gasteiger charge is 2.30. The van der Waals surface area contributed by atoms with E-state index < -0.39 is 0 Å². The van der Waals surface area contributed by atoms with E-state index in [4.69, 9.17) is 9.72 Å². The fourth-order valence-electron chi connectivity index (χ4n) is 5.14. The SMILES string of the molecule is C/C=C(\C(C#N)=C/C)c1ccc(Cc2c(CCC)nc(C)n(-c3ccc4c(c3)CC(C)(C)O4)c2=O)cc1. The van der Waals surface area contributed by atoms with E-state index in [0.717, 1.165) is 64.2 Å². The second kappa shape index (κ2) is 10.6. The largest absolute Gasteiger partial charge is 0.487 e. The standard InChI is InChI=1S/C32H35N3O2/c1-7-10-29-28(17-22-11-13-24(14-12-22)27(9-3)23(8-2)20-33)31(36)35(21(4)34-29)26-15-16-30-25(18-26)19-32(5,6)37-30/h8-9,11-16,18H,7,10,17,19H2,1-6H3/b23-8-,27-9+. The molecule has 5 heteroatoms. The summed E-state index contributed by atoms with van der Waals surface area (Å²) in [5.41, 5.74) is 6.85. The van der Waals surface area contributed by atoms with Crippen LogP contribution < -0.4 is 10.3 Å². The number of hydrogen-bond acceptors (Lipinski definition) is 4. The lowest BCUT2D eigenvalue weighted by Gasteiger charge is -2.16. The lowest BCUT2D eigenvalue weighted by Crippen LogP contribution is -2.28. The summed E-state index contributed by atoms with van der Waals surface area (Å²) in [6, 6.07) is 16.4. The Morgan fingerprint density at radius 2 is 1.89 bits per heavy atom. The molecule has 1 aromatic heterocycles. The zero-order valence-electron chi connectivity index (χ0n) is 22.7. The third kappa shape index (κ3) is 5.29. The van der Waals surface area contributed by atoms with Crippen molar-refractivity contribution < 1.29 is 4.74 Å². The number of rotatable bonds is 7. The number of fused-ring (bicyclic) bond motifs is 1. The molecule has 2 aromatic carbocycles. The molecule has 0 atom stereocenters. The van der Waals surface area contributed by atoms with Crippen molar-refractivity contribution >= 4 is 5.57 Å². The molecule has 4 rings (SSSR count). The van der Waals surface area contributed by atoms with Crippen LogP contribution in [0, 0.1) is 18.3 Å². The first-order valence-corrected chi connectivity index (χ1v) is 13.0. The number of benzene rings is 2. The smallest absolute Gasteiger partial charge is 0.261 e. The van der Waals surface area contributed by atoms with Gasteiger partial charge in [-0.05, 0) is 75.9 Å². The zero-order valence-corrected chi connectivity index (χ0v) is 22.7. The Morgan fingerprint density at radius 3 is 2.51 bits per heavy atom. The summed E-state index contributed by atoms with van der Waals surface area (Å²) in [6.07, 6.45) is 6.76. The number of ether oxygens (including phenoxy) is 1. The molecule has 37 heavy (non-hydrogen) atoms. The summed E-state index contributed by atoms with van der Waals surface area (Å²) in [6.45, 7) is 12.0. The lowest BCUT2D eigenvalue weighted by molar-refractivity contribution is 0.138. The van der Waals surface area contributed by atoms with Gasteiger partial charge < -0.3 is 4.74 Å². The second-order valence-electron chi connectivity index (χ2n) is 10.2. The Balaban J connectivity index is 1.74. The molecule has 0 fully saturated rings. The zero-order chi connectivity index (χ0) is 26.7. The average Bonchev–Trinajstić information content (AvgIpc) is 3.18. The predicted octanol–water partition coefficient (Wildman–Crippen LogP) is 6.67. The molecule has 0 saturated heterocycles. The molecule has 0 bridgehead atoms. The molecule has 1 aliphatic rings. The molecule has 5 nitrogen and oxygen atoms in total. The van der Waals surface area contributed by atoms with Crippen molar-refractivity contribution in [1.29, 1.82) is 5.26 Å². The highest BCUT2D eigenvalue weighted by molar-refractivity contribution is 5.82. The predicted molar refractivity (Wildman–Crippen MR) is 149 cm³/mol. The van der Waals surface area contributed by atoms with E-state index in [1.54, 1.807) is 4.57 Å². The van der Waals surface area contributed by atoms with Crippen LogP contribution in [-0.4, -0.2) is 15.2 Å². The topological polar surface area (TPSA) is 67.9 Å². The normalized spacial score (nSPS) is 14.7.